The first kappa shape index (κ1) is 18.4. The normalized spacial score (nSPS) is 21.0. The van der Waals surface area contributed by atoms with Crippen molar-refractivity contribution < 1.29 is 27.8 Å². The maximum atomic E-state index is 12.2. The van der Waals surface area contributed by atoms with Crippen LogP contribution in [0.1, 0.15) is 18.9 Å². The Morgan fingerprint density at radius 2 is 2.04 bits per heavy atom. The molecule has 5 nitrogen and oxygen atoms in total. The van der Waals surface area contributed by atoms with Gasteiger partial charge >= 0.3 is 12.2 Å². The van der Waals surface area contributed by atoms with E-state index in [2.05, 4.69) is 10.1 Å². The number of amides is 2. The molecule has 2 atom stereocenters. The molecule has 0 radical (unpaired) electrons. The molecule has 1 aromatic rings. The van der Waals surface area contributed by atoms with Crippen molar-refractivity contribution in [3.05, 3.63) is 29.8 Å². The van der Waals surface area contributed by atoms with Gasteiger partial charge in [-0.15, -0.1) is 0 Å². The van der Waals surface area contributed by atoms with Crippen LogP contribution in [0.25, 0.3) is 0 Å². The van der Waals surface area contributed by atoms with E-state index in [-0.39, 0.29) is 36.9 Å². The summed E-state index contributed by atoms with van der Waals surface area (Å²) < 4.78 is 40.8. The summed E-state index contributed by atoms with van der Waals surface area (Å²) in [4.78, 5) is 13.8. The van der Waals surface area contributed by atoms with Gasteiger partial charge in [0.05, 0.1) is 12.6 Å². The maximum Gasteiger partial charge on any atom is 0.422 e. The van der Waals surface area contributed by atoms with Crippen molar-refractivity contribution in [3.8, 4) is 5.75 Å². The predicted molar refractivity (Wildman–Crippen MR) is 81.6 cm³/mol. The van der Waals surface area contributed by atoms with Crippen LogP contribution in [-0.2, 0) is 6.54 Å². The van der Waals surface area contributed by atoms with Crippen LogP contribution in [0, 0.1) is 5.92 Å². The van der Waals surface area contributed by atoms with Gasteiger partial charge < -0.3 is 20.1 Å². The van der Waals surface area contributed by atoms with E-state index >= 15 is 0 Å². The number of urea groups is 1. The topological polar surface area (TPSA) is 61.8 Å². The second kappa shape index (κ2) is 7.74. The monoisotopic (exact) mass is 346 g/mol. The SMILES string of the molecule is C[C@@H]1CCN(C(=O)NCc2ccc(OCC(F)(F)F)cc2)[C@@H]1CO. The number of aliphatic hydroxyl groups is 1. The van der Waals surface area contributed by atoms with E-state index in [1.165, 1.54) is 12.1 Å². The van der Waals surface area contributed by atoms with Gasteiger partial charge in [-0.2, -0.15) is 13.2 Å². The van der Waals surface area contributed by atoms with Crippen molar-refractivity contribution in [2.75, 3.05) is 19.8 Å². The molecule has 1 saturated heterocycles. The zero-order valence-electron chi connectivity index (χ0n) is 13.3. The molecule has 1 aromatic carbocycles. The lowest BCUT2D eigenvalue weighted by Gasteiger charge is -2.25. The lowest BCUT2D eigenvalue weighted by Crippen LogP contribution is -2.45. The number of ether oxygens (including phenoxy) is 1. The zero-order chi connectivity index (χ0) is 17.7. The second-order valence-electron chi connectivity index (χ2n) is 5.92. The van der Waals surface area contributed by atoms with E-state index in [9.17, 15) is 23.1 Å². The van der Waals surface area contributed by atoms with Crippen LogP contribution in [0.4, 0.5) is 18.0 Å². The average Bonchev–Trinajstić information content (AvgIpc) is 2.91. The highest BCUT2D eigenvalue weighted by Gasteiger charge is 2.33. The van der Waals surface area contributed by atoms with Crippen LogP contribution in [0.15, 0.2) is 24.3 Å². The standard InChI is InChI=1S/C16H21F3N2O3/c1-11-6-7-21(14(11)9-22)15(23)20-8-12-2-4-13(5-3-12)24-10-16(17,18)19/h2-5,11,14,22H,6-10H2,1H3,(H,20,23)/t11-,14-/m1/s1. The number of aliphatic hydroxyl groups excluding tert-OH is 1. The third-order valence-corrected chi connectivity index (χ3v) is 4.10. The van der Waals surface area contributed by atoms with Crippen LogP contribution in [-0.4, -0.2) is 48.0 Å². The van der Waals surface area contributed by atoms with E-state index in [0.717, 1.165) is 12.0 Å². The molecule has 0 bridgehead atoms. The largest absolute Gasteiger partial charge is 0.484 e. The Morgan fingerprint density at radius 1 is 1.38 bits per heavy atom. The van der Waals surface area contributed by atoms with Gasteiger partial charge in [0.15, 0.2) is 6.61 Å². The molecular formula is C16H21F3N2O3. The first-order valence-corrected chi connectivity index (χ1v) is 7.74. The number of halogens is 3. The molecule has 24 heavy (non-hydrogen) atoms. The Bertz CT molecular complexity index is 548. The Kier molecular flexibility index (Phi) is 5.93. The molecule has 0 saturated carbocycles. The second-order valence-corrected chi connectivity index (χ2v) is 5.92. The lowest BCUT2D eigenvalue weighted by molar-refractivity contribution is -0.153. The zero-order valence-corrected chi connectivity index (χ0v) is 13.3. The molecule has 1 heterocycles. The summed E-state index contributed by atoms with van der Waals surface area (Å²) in [5.41, 5.74) is 0.746. The quantitative estimate of drug-likeness (QED) is 0.861. The summed E-state index contributed by atoms with van der Waals surface area (Å²) in [6, 6.07) is 5.63. The molecule has 0 unspecified atom stereocenters. The Balaban J connectivity index is 1.83. The van der Waals surface area contributed by atoms with E-state index in [4.69, 9.17) is 0 Å². The van der Waals surface area contributed by atoms with Crippen molar-refractivity contribution in [1.82, 2.24) is 10.2 Å². The average molecular weight is 346 g/mol. The number of hydrogen-bond donors (Lipinski definition) is 2. The molecule has 0 spiro atoms. The minimum atomic E-state index is -4.37. The van der Waals surface area contributed by atoms with Crippen LogP contribution in [0.5, 0.6) is 5.75 Å². The highest BCUT2D eigenvalue weighted by molar-refractivity contribution is 5.75. The summed E-state index contributed by atoms with van der Waals surface area (Å²) in [7, 11) is 0. The van der Waals surface area contributed by atoms with Gasteiger partial charge in [-0.25, -0.2) is 4.79 Å². The molecule has 8 heteroatoms. The molecule has 2 N–H and O–H groups in total. The predicted octanol–water partition coefficient (Wildman–Crippen LogP) is 2.54. The summed E-state index contributed by atoms with van der Waals surface area (Å²) in [5, 5.41) is 12.1. The van der Waals surface area contributed by atoms with E-state index in [1.807, 2.05) is 6.92 Å². The molecule has 1 fully saturated rings. The molecule has 1 aliphatic rings. The van der Waals surface area contributed by atoms with Crippen LogP contribution in [0.3, 0.4) is 0 Å². The molecule has 2 rings (SSSR count). The molecule has 0 aliphatic carbocycles. The van der Waals surface area contributed by atoms with Gasteiger partial charge in [-0.05, 0) is 30.0 Å². The molecular weight excluding hydrogens is 325 g/mol. The molecule has 2 amide bonds. The van der Waals surface area contributed by atoms with Crippen LogP contribution < -0.4 is 10.1 Å². The van der Waals surface area contributed by atoms with Gasteiger partial charge in [0.2, 0.25) is 0 Å². The minimum absolute atomic E-state index is 0.0696. The number of nitrogens with zero attached hydrogens (tertiary/aromatic N) is 1. The first-order valence-electron chi connectivity index (χ1n) is 7.74. The Labute approximate surface area is 138 Å². The first-order chi connectivity index (χ1) is 11.3. The number of nitrogens with one attached hydrogen (secondary N) is 1. The number of likely N-dealkylation sites (tertiary alicyclic amines) is 1. The fourth-order valence-electron chi connectivity index (χ4n) is 2.69. The third kappa shape index (κ3) is 5.02. The Morgan fingerprint density at radius 3 is 2.62 bits per heavy atom. The van der Waals surface area contributed by atoms with Crippen molar-refractivity contribution in [2.24, 2.45) is 5.92 Å². The van der Waals surface area contributed by atoms with Crippen molar-refractivity contribution >= 4 is 6.03 Å². The van der Waals surface area contributed by atoms with Crippen LogP contribution in [0.2, 0.25) is 0 Å². The van der Waals surface area contributed by atoms with Crippen LogP contribution >= 0.6 is 0 Å². The lowest BCUT2D eigenvalue weighted by atomic mass is 10.0. The number of rotatable bonds is 5. The van der Waals surface area contributed by atoms with E-state index in [0.29, 0.717) is 6.54 Å². The van der Waals surface area contributed by atoms with Crippen molar-refractivity contribution in [3.63, 3.8) is 0 Å². The molecule has 1 aliphatic heterocycles. The number of alkyl halides is 3. The van der Waals surface area contributed by atoms with Gasteiger partial charge in [-0.1, -0.05) is 19.1 Å². The minimum Gasteiger partial charge on any atom is -0.484 e. The van der Waals surface area contributed by atoms with Gasteiger partial charge in [0.25, 0.3) is 0 Å². The number of carbonyl (C=O) groups excluding carboxylic acids is 1. The smallest absolute Gasteiger partial charge is 0.422 e. The summed E-state index contributed by atoms with van der Waals surface area (Å²) >= 11 is 0. The number of carbonyl (C=O) groups is 1. The van der Waals surface area contributed by atoms with Crippen molar-refractivity contribution in [2.45, 2.75) is 32.1 Å². The summed E-state index contributed by atoms with van der Waals surface area (Å²) in [6.45, 7) is 1.44. The van der Waals surface area contributed by atoms with Gasteiger partial charge in [0, 0.05) is 13.1 Å². The fraction of sp³-hybridized carbons (Fsp3) is 0.562. The number of hydrogen-bond acceptors (Lipinski definition) is 3. The van der Waals surface area contributed by atoms with Crippen molar-refractivity contribution in [1.29, 1.82) is 0 Å². The van der Waals surface area contributed by atoms with Gasteiger partial charge in [0.1, 0.15) is 5.75 Å². The molecule has 134 valence electrons. The Hall–Kier alpha value is -1.96. The van der Waals surface area contributed by atoms with E-state index < -0.39 is 12.8 Å². The number of benzene rings is 1. The maximum absolute atomic E-state index is 12.2. The third-order valence-electron chi connectivity index (χ3n) is 4.10. The van der Waals surface area contributed by atoms with E-state index in [1.54, 1.807) is 17.0 Å². The fourth-order valence-corrected chi connectivity index (χ4v) is 2.69. The van der Waals surface area contributed by atoms with Gasteiger partial charge in [-0.3, -0.25) is 0 Å². The highest BCUT2D eigenvalue weighted by Crippen LogP contribution is 2.23. The summed E-state index contributed by atoms with van der Waals surface area (Å²) in [5.74, 6) is 0.377. The summed E-state index contributed by atoms with van der Waals surface area (Å²) in [6.07, 6.45) is -3.52. The molecule has 0 aromatic heterocycles. The highest BCUT2D eigenvalue weighted by atomic mass is 19.4.